The van der Waals surface area contributed by atoms with Crippen molar-refractivity contribution in [1.82, 2.24) is 0 Å². The van der Waals surface area contributed by atoms with Crippen LogP contribution in [0, 0.1) is 0 Å². The van der Waals surface area contributed by atoms with E-state index < -0.39 is 0 Å². The summed E-state index contributed by atoms with van der Waals surface area (Å²) in [6.45, 7) is 5.72. The highest BCUT2D eigenvalue weighted by Gasteiger charge is 2.16. The Labute approximate surface area is 144 Å². The third-order valence-electron chi connectivity index (χ3n) is 3.95. The molecule has 0 aliphatic carbocycles. The van der Waals surface area contributed by atoms with Crippen molar-refractivity contribution in [2.45, 2.75) is 26.2 Å². The third-order valence-corrected chi connectivity index (χ3v) is 3.95. The molecule has 2 aromatic rings. The molecule has 0 fully saturated rings. The Hall–Kier alpha value is -2.20. The standard InChI is InChI=1S/C20H27NO3/c1-4-23-19-11-10-15(13-20(19)24-5-2)12-16(14-21)17-8-6-7-9-18(17)22-3/h6-11,13,16H,4-5,12,14,21H2,1-3H3. The Balaban J connectivity index is 2.25. The van der Waals surface area contributed by atoms with Gasteiger partial charge in [-0.3, -0.25) is 0 Å². The molecule has 130 valence electrons. The molecule has 0 aromatic heterocycles. The molecule has 1 atom stereocenters. The van der Waals surface area contributed by atoms with Crippen molar-refractivity contribution in [3.63, 3.8) is 0 Å². The van der Waals surface area contributed by atoms with E-state index in [1.165, 1.54) is 5.56 Å². The summed E-state index contributed by atoms with van der Waals surface area (Å²) in [5.74, 6) is 2.63. The van der Waals surface area contributed by atoms with Crippen LogP contribution in [0.5, 0.6) is 17.2 Å². The van der Waals surface area contributed by atoms with Gasteiger partial charge in [-0.2, -0.15) is 0 Å². The van der Waals surface area contributed by atoms with Gasteiger partial charge in [-0.25, -0.2) is 0 Å². The van der Waals surface area contributed by atoms with Crippen molar-refractivity contribution < 1.29 is 14.2 Å². The van der Waals surface area contributed by atoms with Crippen LogP contribution in [0.25, 0.3) is 0 Å². The molecule has 0 bridgehead atoms. The molecule has 1 unspecified atom stereocenters. The summed E-state index contributed by atoms with van der Waals surface area (Å²) >= 11 is 0. The molecule has 0 saturated carbocycles. The second-order valence-electron chi connectivity index (χ2n) is 5.53. The molecule has 0 heterocycles. The van der Waals surface area contributed by atoms with Crippen molar-refractivity contribution in [2.75, 3.05) is 26.9 Å². The van der Waals surface area contributed by atoms with Gasteiger partial charge < -0.3 is 19.9 Å². The summed E-state index contributed by atoms with van der Waals surface area (Å²) in [7, 11) is 1.69. The van der Waals surface area contributed by atoms with Crippen LogP contribution < -0.4 is 19.9 Å². The van der Waals surface area contributed by atoms with Gasteiger partial charge in [-0.1, -0.05) is 24.3 Å². The maximum Gasteiger partial charge on any atom is 0.161 e. The number of benzene rings is 2. The van der Waals surface area contributed by atoms with E-state index in [0.29, 0.717) is 19.8 Å². The Morgan fingerprint density at radius 1 is 0.917 bits per heavy atom. The van der Waals surface area contributed by atoms with Gasteiger partial charge in [-0.05, 0) is 56.1 Å². The maximum atomic E-state index is 6.04. The highest BCUT2D eigenvalue weighted by molar-refractivity contribution is 5.44. The van der Waals surface area contributed by atoms with Gasteiger partial charge in [0, 0.05) is 5.92 Å². The second-order valence-corrected chi connectivity index (χ2v) is 5.53. The van der Waals surface area contributed by atoms with Gasteiger partial charge in [-0.15, -0.1) is 0 Å². The zero-order chi connectivity index (χ0) is 17.4. The van der Waals surface area contributed by atoms with Gasteiger partial charge in [0.25, 0.3) is 0 Å². The first-order chi connectivity index (χ1) is 11.7. The van der Waals surface area contributed by atoms with E-state index in [4.69, 9.17) is 19.9 Å². The van der Waals surface area contributed by atoms with Crippen molar-refractivity contribution in [3.05, 3.63) is 53.6 Å². The molecule has 0 amide bonds. The largest absolute Gasteiger partial charge is 0.496 e. The first-order valence-electron chi connectivity index (χ1n) is 8.44. The minimum absolute atomic E-state index is 0.188. The molecule has 0 radical (unpaired) electrons. The molecular formula is C20H27NO3. The SMILES string of the molecule is CCOc1ccc(CC(CN)c2ccccc2OC)cc1OCC. The van der Waals surface area contributed by atoms with Crippen molar-refractivity contribution >= 4 is 0 Å². The Bertz CT molecular complexity index is 643. The first-order valence-corrected chi connectivity index (χ1v) is 8.44. The van der Waals surface area contributed by atoms with Crippen LogP contribution in [0.3, 0.4) is 0 Å². The molecule has 0 aliphatic rings. The highest BCUT2D eigenvalue weighted by atomic mass is 16.5. The van der Waals surface area contributed by atoms with Crippen molar-refractivity contribution in [1.29, 1.82) is 0 Å². The van der Waals surface area contributed by atoms with Gasteiger partial charge in [0.15, 0.2) is 11.5 Å². The van der Waals surface area contributed by atoms with Crippen LogP contribution in [0.4, 0.5) is 0 Å². The van der Waals surface area contributed by atoms with Gasteiger partial charge in [0.05, 0.1) is 20.3 Å². The molecule has 4 heteroatoms. The fraction of sp³-hybridized carbons (Fsp3) is 0.400. The number of nitrogens with two attached hydrogens (primary N) is 1. The average Bonchev–Trinajstić information content (AvgIpc) is 2.62. The summed E-state index contributed by atoms with van der Waals surface area (Å²) in [6, 6.07) is 14.1. The lowest BCUT2D eigenvalue weighted by Gasteiger charge is -2.19. The fourth-order valence-electron chi connectivity index (χ4n) is 2.83. The molecule has 2 N–H and O–H groups in total. The van der Waals surface area contributed by atoms with Crippen molar-refractivity contribution in [2.24, 2.45) is 5.73 Å². The lowest BCUT2D eigenvalue weighted by Crippen LogP contribution is -2.16. The molecule has 0 saturated heterocycles. The topological polar surface area (TPSA) is 53.7 Å². The van der Waals surface area contributed by atoms with E-state index in [2.05, 4.69) is 12.1 Å². The third kappa shape index (κ3) is 4.42. The van der Waals surface area contributed by atoms with Crippen LogP contribution in [0.1, 0.15) is 30.9 Å². The number of methoxy groups -OCH3 is 1. The molecule has 0 aliphatic heterocycles. The maximum absolute atomic E-state index is 6.04. The van der Waals surface area contributed by atoms with Crippen LogP contribution in [0.15, 0.2) is 42.5 Å². The van der Waals surface area contributed by atoms with E-state index in [1.54, 1.807) is 7.11 Å². The quantitative estimate of drug-likeness (QED) is 0.761. The van der Waals surface area contributed by atoms with E-state index in [-0.39, 0.29) is 5.92 Å². The Morgan fingerprint density at radius 2 is 1.62 bits per heavy atom. The van der Waals surface area contributed by atoms with Crippen molar-refractivity contribution in [3.8, 4) is 17.2 Å². The van der Waals surface area contributed by atoms with E-state index in [9.17, 15) is 0 Å². The number of para-hydroxylation sites is 1. The Kier molecular flexibility index (Phi) is 6.94. The number of hydrogen-bond acceptors (Lipinski definition) is 4. The molecule has 0 spiro atoms. The first kappa shape index (κ1) is 18.1. The Morgan fingerprint density at radius 3 is 2.29 bits per heavy atom. The zero-order valence-corrected chi connectivity index (χ0v) is 14.7. The number of rotatable bonds is 9. The molecule has 4 nitrogen and oxygen atoms in total. The summed E-state index contributed by atoms with van der Waals surface area (Å²) < 4.78 is 16.8. The summed E-state index contributed by atoms with van der Waals surface area (Å²) in [6.07, 6.45) is 0.823. The van der Waals surface area contributed by atoms with E-state index in [0.717, 1.165) is 29.2 Å². The lowest BCUT2D eigenvalue weighted by atomic mass is 9.91. The normalized spacial score (nSPS) is 11.8. The second kappa shape index (κ2) is 9.18. The van der Waals surface area contributed by atoms with E-state index in [1.807, 2.05) is 44.2 Å². The van der Waals surface area contributed by atoms with Gasteiger partial charge in [0.2, 0.25) is 0 Å². The number of hydrogen-bond donors (Lipinski definition) is 1. The molecule has 24 heavy (non-hydrogen) atoms. The predicted molar refractivity (Wildman–Crippen MR) is 97.3 cm³/mol. The molecule has 2 aromatic carbocycles. The molecular weight excluding hydrogens is 302 g/mol. The average molecular weight is 329 g/mol. The minimum atomic E-state index is 0.188. The summed E-state index contributed by atoms with van der Waals surface area (Å²) in [5.41, 5.74) is 8.34. The summed E-state index contributed by atoms with van der Waals surface area (Å²) in [5, 5.41) is 0. The van der Waals surface area contributed by atoms with Crippen LogP contribution >= 0.6 is 0 Å². The fourth-order valence-corrected chi connectivity index (χ4v) is 2.83. The smallest absolute Gasteiger partial charge is 0.161 e. The summed E-state index contributed by atoms with van der Waals surface area (Å²) in [4.78, 5) is 0. The lowest BCUT2D eigenvalue weighted by molar-refractivity contribution is 0.287. The predicted octanol–water partition coefficient (Wildman–Crippen LogP) is 3.78. The van der Waals surface area contributed by atoms with Crippen LogP contribution in [-0.4, -0.2) is 26.9 Å². The minimum Gasteiger partial charge on any atom is -0.496 e. The van der Waals surface area contributed by atoms with Gasteiger partial charge >= 0.3 is 0 Å². The molecule has 2 rings (SSSR count). The monoisotopic (exact) mass is 329 g/mol. The van der Waals surface area contributed by atoms with Crippen LogP contribution in [0.2, 0.25) is 0 Å². The van der Waals surface area contributed by atoms with Crippen LogP contribution in [-0.2, 0) is 6.42 Å². The zero-order valence-electron chi connectivity index (χ0n) is 14.7. The van der Waals surface area contributed by atoms with E-state index >= 15 is 0 Å². The van der Waals surface area contributed by atoms with Gasteiger partial charge in [0.1, 0.15) is 5.75 Å². The number of ether oxygens (including phenoxy) is 3. The highest BCUT2D eigenvalue weighted by Crippen LogP contribution is 2.32.